The average Bonchev–Trinajstić information content (AvgIpc) is 3.06. The van der Waals surface area contributed by atoms with E-state index in [1.54, 1.807) is 16.7 Å². The number of nitrogens with one attached hydrogen (secondary N) is 1. The van der Waals surface area contributed by atoms with Crippen molar-refractivity contribution < 1.29 is 23.6 Å². The van der Waals surface area contributed by atoms with Gasteiger partial charge in [-0.15, -0.1) is 0 Å². The third kappa shape index (κ3) is 3.94. The van der Waals surface area contributed by atoms with Crippen LogP contribution in [-0.4, -0.2) is 42.7 Å². The third-order valence-electron chi connectivity index (χ3n) is 5.16. The summed E-state index contributed by atoms with van der Waals surface area (Å²) in [5.74, 6) is -0.516. The fraction of sp³-hybridized carbons (Fsp3) is 0.353. The van der Waals surface area contributed by atoms with Crippen LogP contribution in [0.25, 0.3) is 11.2 Å². The van der Waals surface area contributed by atoms with Crippen molar-refractivity contribution in [1.82, 2.24) is 19.5 Å². The van der Waals surface area contributed by atoms with Gasteiger partial charge in [0.25, 0.3) is 5.56 Å². The SMILES string of the molecule is Nc1nc2c(ncn2[C@@H]2C[C@H](COP(=O)(O)Oc3ccccc3Cl)[C@@H]2CO)c(=O)[nH]1. The van der Waals surface area contributed by atoms with Crippen molar-refractivity contribution in [3.05, 3.63) is 46.0 Å². The highest BCUT2D eigenvalue weighted by Crippen LogP contribution is 2.50. The molecule has 13 heteroatoms. The van der Waals surface area contributed by atoms with Crippen LogP contribution in [0.4, 0.5) is 5.95 Å². The number of imidazole rings is 1. The minimum atomic E-state index is -4.40. The van der Waals surface area contributed by atoms with Crippen LogP contribution in [0.15, 0.2) is 35.4 Å². The highest BCUT2D eigenvalue weighted by atomic mass is 35.5. The van der Waals surface area contributed by atoms with E-state index in [1.807, 2.05) is 0 Å². The van der Waals surface area contributed by atoms with E-state index in [0.29, 0.717) is 12.1 Å². The molecule has 1 aliphatic carbocycles. The molecule has 1 aromatic carbocycles. The van der Waals surface area contributed by atoms with Crippen LogP contribution in [-0.2, 0) is 9.09 Å². The third-order valence-corrected chi connectivity index (χ3v) is 6.38. The molecule has 1 fully saturated rings. The molecule has 1 saturated carbocycles. The Labute approximate surface area is 175 Å². The standard InChI is InChI=1S/C17H19ClN5O6P/c18-11-3-1-2-4-13(11)29-30(26,27)28-7-9-5-12(10(9)6-24)23-8-20-14-15(23)21-17(19)22-16(14)25/h1-4,8-10,12,24H,5-7H2,(H,26,27)(H3,19,21,22,25)/t9-,10+,12-/m1/s1. The van der Waals surface area contributed by atoms with Gasteiger partial charge in [0.05, 0.1) is 18.0 Å². The molecule has 2 aromatic heterocycles. The zero-order valence-electron chi connectivity index (χ0n) is 15.5. The Kier molecular flexibility index (Phi) is 5.56. The van der Waals surface area contributed by atoms with Gasteiger partial charge in [0.1, 0.15) is 5.75 Å². The van der Waals surface area contributed by atoms with Gasteiger partial charge >= 0.3 is 7.82 Å². The minimum Gasteiger partial charge on any atom is -0.403 e. The number of aliphatic hydroxyl groups excluding tert-OH is 1. The predicted octanol–water partition coefficient (Wildman–Crippen LogP) is 1.72. The Morgan fingerprint density at radius 1 is 1.40 bits per heavy atom. The number of phosphoric acid groups is 1. The van der Waals surface area contributed by atoms with Gasteiger partial charge in [0.15, 0.2) is 11.2 Å². The molecule has 0 spiro atoms. The topological polar surface area (TPSA) is 166 Å². The number of nitrogens with two attached hydrogens (primary N) is 1. The summed E-state index contributed by atoms with van der Waals surface area (Å²) < 4.78 is 24.1. The fourth-order valence-electron chi connectivity index (χ4n) is 3.61. The second-order valence-electron chi connectivity index (χ2n) is 6.97. The highest BCUT2D eigenvalue weighted by molar-refractivity contribution is 7.47. The van der Waals surface area contributed by atoms with Crippen LogP contribution in [0.2, 0.25) is 5.02 Å². The Morgan fingerprint density at radius 3 is 2.90 bits per heavy atom. The first kappa shape index (κ1) is 20.8. The van der Waals surface area contributed by atoms with Crippen molar-refractivity contribution in [2.24, 2.45) is 11.8 Å². The van der Waals surface area contributed by atoms with Crippen molar-refractivity contribution in [2.45, 2.75) is 12.5 Å². The van der Waals surface area contributed by atoms with Gasteiger partial charge in [-0.25, -0.2) is 9.55 Å². The maximum Gasteiger partial charge on any atom is 0.527 e. The lowest BCUT2D eigenvalue weighted by molar-refractivity contribution is -0.00487. The summed E-state index contributed by atoms with van der Waals surface area (Å²) in [5.41, 5.74) is 5.63. The predicted molar refractivity (Wildman–Crippen MR) is 108 cm³/mol. The van der Waals surface area contributed by atoms with E-state index >= 15 is 0 Å². The largest absolute Gasteiger partial charge is 0.527 e. The number of halogens is 1. The van der Waals surface area contributed by atoms with Gasteiger partial charge in [-0.1, -0.05) is 23.7 Å². The summed E-state index contributed by atoms with van der Waals surface area (Å²) >= 11 is 5.93. The van der Waals surface area contributed by atoms with Crippen molar-refractivity contribution in [2.75, 3.05) is 18.9 Å². The molecule has 30 heavy (non-hydrogen) atoms. The van der Waals surface area contributed by atoms with Crippen LogP contribution < -0.4 is 15.8 Å². The summed E-state index contributed by atoms with van der Waals surface area (Å²) in [5, 5.41) is 10.0. The molecule has 0 aliphatic heterocycles. The van der Waals surface area contributed by atoms with Gasteiger partial charge in [0.2, 0.25) is 5.95 Å². The molecular formula is C17H19ClN5O6P. The number of fused-ring (bicyclic) bond motifs is 1. The van der Waals surface area contributed by atoms with Crippen molar-refractivity contribution >= 4 is 36.5 Å². The number of nitrogen functional groups attached to an aromatic ring is 1. The molecule has 3 aromatic rings. The van der Waals surface area contributed by atoms with E-state index in [9.17, 15) is 19.4 Å². The van der Waals surface area contributed by atoms with Crippen molar-refractivity contribution in [1.29, 1.82) is 0 Å². The summed E-state index contributed by atoms with van der Waals surface area (Å²) in [6, 6.07) is 6.03. The molecule has 11 nitrogen and oxygen atoms in total. The number of aromatic amines is 1. The maximum absolute atomic E-state index is 12.2. The van der Waals surface area contributed by atoms with E-state index in [1.165, 1.54) is 18.5 Å². The molecule has 1 unspecified atom stereocenters. The second kappa shape index (κ2) is 8.01. The van der Waals surface area contributed by atoms with E-state index in [4.69, 9.17) is 26.4 Å². The lowest BCUT2D eigenvalue weighted by Crippen LogP contribution is -2.43. The molecule has 0 amide bonds. The Morgan fingerprint density at radius 2 is 2.17 bits per heavy atom. The monoisotopic (exact) mass is 455 g/mol. The van der Waals surface area contributed by atoms with E-state index < -0.39 is 13.4 Å². The van der Waals surface area contributed by atoms with Crippen LogP contribution in [0.3, 0.4) is 0 Å². The Balaban J connectivity index is 1.44. The molecule has 4 rings (SSSR count). The lowest BCUT2D eigenvalue weighted by Gasteiger charge is -2.44. The van der Waals surface area contributed by atoms with Crippen LogP contribution in [0.1, 0.15) is 12.5 Å². The molecule has 2 heterocycles. The molecule has 160 valence electrons. The maximum atomic E-state index is 12.2. The zero-order chi connectivity index (χ0) is 21.5. The molecular weight excluding hydrogens is 437 g/mol. The highest BCUT2D eigenvalue weighted by Gasteiger charge is 2.44. The number of H-pyrrole nitrogens is 1. The van der Waals surface area contributed by atoms with Gasteiger partial charge in [0, 0.05) is 18.6 Å². The van der Waals surface area contributed by atoms with E-state index in [0.717, 1.165) is 0 Å². The zero-order valence-corrected chi connectivity index (χ0v) is 17.2. The minimum absolute atomic E-state index is 0.0352. The molecule has 0 saturated heterocycles. The number of benzene rings is 1. The number of rotatable bonds is 7. The average molecular weight is 456 g/mol. The first-order valence-corrected chi connectivity index (χ1v) is 10.9. The summed E-state index contributed by atoms with van der Waals surface area (Å²) in [7, 11) is -4.40. The molecule has 4 atom stereocenters. The first-order chi connectivity index (χ1) is 14.3. The fourth-order valence-corrected chi connectivity index (χ4v) is 4.67. The van der Waals surface area contributed by atoms with Crippen LogP contribution in [0, 0.1) is 11.8 Å². The Hall–Kier alpha value is -2.43. The van der Waals surface area contributed by atoms with Gasteiger partial charge in [-0.3, -0.25) is 19.2 Å². The number of aromatic nitrogens is 4. The molecule has 0 radical (unpaired) electrons. The van der Waals surface area contributed by atoms with Crippen molar-refractivity contribution in [3.8, 4) is 5.75 Å². The lowest BCUT2D eigenvalue weighted by atomic mass is 9.70. The number of phosphoric ester groups is 1. The smallest absolute Gasteiger partial charge is 0.403 e. The normalized spacial score (nSPS) is 23.1. The molecule has 5 N–H and O–H groups in total. The second-order valence-corrected chi connectivity index (χ2v) is 8.76. The molecule has 1 aliphatic rings. The van der Waals surface area contributed by atoms with Gasteiger partial charge < -0.3 is 19.9 Å². The summed E-state index contributed by atoms with van der Waals surface area (Å²) in [6.45, 7) is -0.305. The van der Waals surface area contributed by atoms with E-state index in [2.05, 4.69) is 15.0 Å². The quantitative estimate of drug-likeness (QED) is 0.388. The molecule has 0 bridgehead atoms. The van der Waals surface area contributed by atoms with Gasteiger partial charge in [-0.2, -0.15) is 4.98 Å². The van der Waals surface area contributed by atoms with Crippen LogP contribution >= 0.6 is 19.4 Å². The van der Waals surface area contributed by atoms with E-state index in [-0.39, 0.29) is 53.3 Å². The number of aliphatic hydroxyl groups is 1. The summed E-state index contributed by atoms with van der Waals surface area (Å²) in [6.07, 6.45) is 1.98. The van der Waals surface area contributed by atoms with Crippen molar-refractivity contribution in [3.63, 3.8) is 0 Å². The Bertz CT molecular complexity index is 1180. The number of para-hydroxylation sites is 1. The number of nitrogens with zero attached hydrogens (tertiary/aromatic N) is 3. The summed E-state index contributed by atoms with van der Waals surface area (Å²) in [4.78, 5) is 32.5. The number of anilines is 1. The number of hydrogen-bond acceptors (Lipinski definition) is 8. The van der Waals surface area contributed by atoms with Crippen LogP contribution in [0.5, 0.6) is 5.75 Å². The first-order valence-electron chi connectivity index (χ1n) is 9.03. The number of hydrogen-bond donors (Lipinski definition) is 4. The van der Waals surface area contributed by atoms with Gasteiger partial charge in [-0.05, 0) is 24.5 Å².